The number of anilines is 1. The number of hydrogen-bond donors (Lipinski definition) is 1. The average Bonchev–Trinajstić information content (AvgIpc) is 2.70. The van der Waals surface area contributed by atoms with Crippen LogP contribution in [0.5, 0.6) is 5.75 Å². The minimum absolute atomic E-state index is 0.118. The van der Waals surface area contributed by atoms with Gasteiger partial charge in [-0.05, 0) is 27.2 Å². The largest absolute Gasteiger partial charge is 0.486 e. The highest BCUT2D eigenvalue weighted by Gasteiger charge is 2.27. The molecule has 2 rings (SSSR count). The molecule has 0 amide bonds. The van der Waals surface area contributed by atoms with Crippen LogP contribution in [-0.2, 0) is 18.2 Å². The first-order valence-corrected chi connectivity index (χ1v) is 7.39. The molecule has 0 aliphatic heterocycles. The summed E-state index contributed by atoms with van der Waals surface area (Å²) in [4.78, 5) is 21.2. The zero-order chi connectivity index (χ0) is 16.4. The van der Waals surface area contributed by atoms with Crippen molar-refractivity contribution in [3.63, 3.8) is 0 Å². The van der Waals surface area contributed by atoms with Crippen molar-refractivity contribution in [2.24, 2.45) is 7.05 Å². The number of fused-ring (bicyclic) bond motifs is 1. The Bertz CT molecular complexity index is 707. The molecule has 2 aromatic rings. The zero-order valence-corrected chi connectivity index (χ0v) is 13.6. The summed E-state index contributed by atoms with van der Waals surface area (Å²) in [5.74, 6) is 0.259. The first kappa shape index (κ1) is 16.1. The van der Waals surface area contributed by atoms with Crippen molar-refractivity contribution < 1.29 is 14.3 Å². The van der Waals surface area contributed by atoms with Crippen molar-refractivity contribution in [3.05, 3.63) is 11.4 Å². The van der Waals surface area contributed by atoms with E-state index in [9.17, 15) is 4.79 Å². The first-order chi connectivity index (χ1) is 10.4. The first-order valence-electron chi connectivity index (χ1n) is 7.39. The van der Waals surface area contributed by atoms with Gasteiger partial charge in [-0.1, -0.05) is 6.92 Å². The van der Waals surface area contributed by atoms with Gasteiger partial charge in [-0.3, -0.25) is 0 Å². The number of nitrogens with two attached hydrogens (primary N) is 1. The number of nitrogen functional groups attached to an aromatic ring is 1. The Morgan fingerprint density at radius 3 is 2.55 bits per heavy atom. The standard InChI is InChI=1S/C15H22N4O3/c1-6-9-13(16)18-10-12(22-8(3)4)11(15(20)21-7-2)19(5)14(10)17-9/h8H,6-7H2,1-5H3,(H2,16,18). The third kappa shape index (κ3) is 2.70. The number of hydrogen-bond acceptors (Lipinski definition) is 6. The van der Waals surface area contributed by atoms with E-state index in [-0.39, 0.29) is 12.7 Å². The van der Waals surface area contributed by atoms with Gasteiger partial charge < -0.3 is 19.8 Å². The van der Waals surface area contributed by atoms with Gasteiger partial charge in [0.05, 0.1) is 18.4 Å². The summed E-state index contributed by atoms with van der Waals surface area (Å²) in [5.41, 5.74) is 7.97. The monoisotopic (exact) mass is 306 g/mol. The van der Waals surface area contributed by atoms with E-state index in [1.807, 2.05) is 20.8 Å². The van der Waals surface area contributed by atoms with Crippen LogP contribution in [0, 0.1) is 0 Å². The highest BCUT2D eigenvalue weighted by atomic mass is 16.5. The average molecular weight is 306 g/mol. The Kier molecular flexibility index (Phi) is 4.54. The van der Waals surface area contributed by atoms with Gasteiger partial charge in [0.15, 0.2) is 22.6 Å². The number of ether oxygens (including phenoxy) is 2. The molecule has 2 N–H and O–H groups in total. The summed E-state index contributed by atoms with van der Waals surface area (Å²) in [5, 5.41) is 0. The van der Waals surface area contributed by atoms with Gasteiger partial charge >= 0.3 is 5.97 Å². The van der Waals surface area contributed by atoms with Crippen LogP contribution in [0.3, 0.4) is 0 Å². The summed E-state index contributed by atoms with van der Waals surface area (Å²) in [6.07, 6.45) is 0.544. The predicted molar refractivity (Wildman–Crippen MR) is 84.0 cm³/mol. The maximum absolute atomic E-state index is 12.3. The van der Waals surface area contributed by atoms with Gasteiger partial charge in [0, 0.05) is 7.05 Å². The minimum atomic E-state index is -0.461. The Hall–Kier alpha value is -2.31. The number of carbonyl (C=O) groups is 1. The second kappa shape index (κ2) is 6.21. The van der Waals surface area contributed by atoms with Crippen LogP contribution >= 0.6 is 0 Å². The van der Waals surface area contributed by atoms with Crippen molar-refractivity contribution in [2.45, 2.75) is 40.2 Å². The van der Waals surface area contributed by atoms with E-state index in [1.54, 1.807) is 18.5 Å². The normalized spacial score (nSPS) is 11.2. The van der Waals surface area contributed by atoms with Gasteiger partial charge in [-0.25, -0.2) is 14.8 Å². The van der Waals surface area contributed by atoms with Gasteiger partial charge in [-0.15, -0.1) is 0 Å². The SMILES string of the molecule is CCOC(=O)c1c(OC(C)C)c2nc(N)c(CC)nc2n1C. The molecule has 0 unspecified atom stereocenters. The van der Waals surface area contributed by atoms with Crippen molar-refractivity contribution >= 4 is 23.0 Å². The maximum atomic E-state index is 12.3. The van der Waals surface area contributed by atoms with Crippen LogP contribution in [0.2, 0.25) is 0 Å². The summed E-state index contributed by atoms with van der Waals surface area (Å²) < 4.78 is 12.6. The molecule has 0 aliphatic rings. The quantitative estimate of drug-likeness (QED) is 0.850. The molecule has 0 radical (unpaired) electrons. The van der Waals surface area contributed by atoms with Crippen LogP contribution in [0.15, 0.2) is 0 Å². The van der Waals surface area contributed by atoms with E-state index in [0.717, 1.165) is 0 Å². The van der Waals surface area contributed by atoms with E-state index in [1.165, 1.54) is 0 Å². The molecule has 0 fully saturated rings. The molecule has 0 aromatic carbocycles. The molecule has 0 spiro atoms. The summed E-state index contributed by atoms with van der Waals surface area (Å²) >= 11 is 0. The van der Waals surface area contributed by atoms with E-state index < -0.39 is 5.97 Å². The van der Waals surface area contributed by atoms with Crippen LogP contribution in [0.1, 0.15) is 43.9 Å². The van der Waals surface area contributed by atoms with Gasteiger partial charge in [0.25, 0.3) is 0 Å². The molecule has 120 valence electrons. The molecule has 7 heteroatoms. The van der Waals surface area contributed by atoms with Crippen LogP contribution < -0.4 is 10.5 Å². The lowest BCUT2D eigenvalue weighted by Crippen LogP contribution is -2.14. The van der Waals surface area contributed by atoms with E-state index in [2.05, 4.69) is 9.97 Å². The molecule has 0 aliphatic carbocycles. The Morgan fingerprint density at radius 1 is 1.32 bits per heavy atom. The van der Waals surface area contributed by atoms with Crippen LogP contribution in [0.25, 0.3) is 11.2 Å². The fourth-order valence-electron chi connectivity index (χ4n) is 2.27. The van der Waals surface area contributed by atoms with Crippen molar-refractivity contribution in [2.75, 3.05) is 12.3 Å². The fraction of sp³-hybridized carbons (Fsp3) is 0.533. The number of esters is 1. The third-order valence-electron chi connectivity index (χ3n) is 3.22. The van der Waals surface area contributed by atoms with E-state index >= 15 is 0 Å². The molecule has 0 atom stereocenters. The summed E-state index contributed by atoms with van der Waals surface area (Å²) in [6.45, 7) is 7.75. The fourth-order valence-corrected chi connectivity index (χ4v) is 2.27. The van der Waals surface area contributed by atoms with Crippen molar-refractivity contribution in [1.82, 2.24) is 14.5 Å². The highest BCUT2D eigenvalue weighted by molar-refractivity contribution is 5.99. The predicted octanol–water partition coefficient (Wildman–Crippen LogP) is 2.08. The Morgan fingerprint density at radius 2 is 2.00 bits per heavy atom. The Balaban J connectivity index is 2.75. The molecule has 0 saturated carbocycles. The van der Waals surface area contributed by atoms with Crippen molar-refractivity contribution in [1.29, 1.82) is 0 Å². The number of rotatable bonds is 5. The number of carbonyl (C=O) groups excluding carboxylic acids is 1. The molecule has 0 saturated heterocycles. The maximum Gasteiger partial charge on any atom is 0.358 e. The van der Waals surface area contributed by atoms with Crippen molar-refractivity contribution in [3.8, 4) is 5.75 Å². The number of aryl methyl sites for hydroxylation is 2. The Labute approximate surface area is 129 Å². The van der Waals surface area contributed by atoms with Gasteiger partial charge in [0.1, 0.15) is 5.82 Å². The molecule has 2 heterocycles. The summed E-state index contributed by atoms with van der Waals surface area (Å²) in [7, 11) is 1.74. The molecule has 7 nitrogen and oxygen atoms in total. The molecule has 22 heavy (non-hydrogen) atoms. The van der Waals surface area contributed by atoms with E-state index in [4.69, 9.17) is 15.2 Å². The van der Waals surface area contributed by atoms with Crippen LogP contribution in [-0.4, -0.2) is 33.2 Å². The van der Waals surface area contributed by atoms with E-state index in [0.29, 0.717) is 40.5 Å². The molecule has 2 aromatic heterocycles. The van der Waals surface area contributed by atoms with Gasteiger partial charge in [-0.2, -0.15) is 0 Å². The molecular weight excluding hydrogens is 284 g/mol. The number of nitrogens with zero attached hydrogens (tertiary/aromatic N) is 3. The highest BCUT2D eigenvalue weighted by Crippen LogP contribution is 2.33. The molecular formula is C15H22N4O3. The lowest BCUT2D eigenvalue weighted by Gasteiger charge is -2.11. The smallest absolute Gasteiger partial charge is 0.358 e. The second-order valence-corrected chi connectivity index (χ2v) is 5.21. The lowest BCUT2D eigenvalue weighted by atomic mass is 10.3. The van der Waals surface area contributed by atoms with Crippen LogP contribution in [0.4, 0.5) is 5.82 Å². The molecule has 0 bridgehead atoms. The number of aromatic nitrogens is 3. The zero-order valence-electron chi connectivity index (χ0n) is 13.6. The summed E-state index contributed by atoms with van der Waals surface area (Å²) in [6, 6.07) is 0. The lowest BCUT2D eigenvalue weighted by molar-refractivity contribution is 0.0509. The topological polar surface area (TPSA) is 92.3 Å². The second-order valence-electron chi connectivity index (χ2n) is 5.21. The minimum Gasteiger partial charge on any atom is -0.486 e. The van der Waals surface area contributed by atoms with Gasteiger partial charge in [0.2, 0.25) is 0 Å². The third-order valence-corrected chi connectivity index (χ3v) is 3.22.